The first kappa shape index (κ1) is 12.0. The van der Waals surface area contributed by atoms with Gasteiger partial charge >= 0.3 is 0 Å². The maximum absolute atomic E-state index is 11.8. The van der Waals surface area contributed by atoms with Crippen LogP contribution in [-0.4, -0.2) is 23.6 Å². The fourth-order valence-corrected chi connectivity index (χ4v) is 3.25. The van der Waals surface area contributed by atoms with Gasteiger partial charge in [-0.1, -0.05) is 22.9 Å². The highest BCUT2D eigenvalue weighted by Gasteiger charge is 2.18. The zero-order valence-corrected chi connectivity index (χ0v) is 10.4. The van der Waals surface area contributed by atoms with Crippen LogP contribution in [0.3, 0.4) is 0 Å². The molecule has 90 valence electrons. The quantitative estimate of drug-likeness (QED) is 0.865. The van der Waals surface area contributed by atoms with E-state index in [1.807, 2.05) is 0 Å². The highest BCUT2D eigenvalue weighted by molar-refractivity contribution is 7.94. The molecule has 2 rings (SSSR count). The molecule has 0 unspecified atom stereocenters. The standard InChI is InChI=1S/C7H5ClN4O3S2/c8-7-9-3-6(16-7)17(14,15)12-4-1-2-5(13)11-10-4/h1-3H,(H,10,12)(H,11,13). The fraction of sp³-hybridized carbons (Fsp3) is 0. The summed E-state index contributed by atoms with van der Waals surface area (Å²) in [6.45, 7) is 0. The van der Waals surface area contributed by atoms with Gasteiger partial charge in [-0.2, -0.15) is 5.10 Å². The number of hydrogen-bond donors (Lipinski definition) is 2. The van der Waals surface area contributed by atoms with Crippen LogP contribution in [0.4, 0.5) is 5.82 Å². The lowest BCUT2D eigenvalue weighted by atomic mass is 10.5. The van der Waals surface area contributed by atoms with Gasteiger partial charge in [0.15, 0.2) is 14.5 Å². The summed E-state index contributed by atoms with van der Waals surface area (Å²) in [6.07, 6.45) is 1.14. The Kier molecular flexibility index (Phi) is 3.13. The maximum atomic E-state index is 11.8. The number of hydrogen-bond acceptors (Lipinski definition) is 6. The zero-order valence-electron chi connectivity index (χ0n) is 8.05. The molecule has 0 bridgehead atoms. The van der Waals surface area contributed by atoms with E-state index >= 15 is 0 Å². The van der Waals surface area contributed by atoms with E-state index in [0.29, 0.717) is 0 Å². The Balaban J connectivity index is 2.29. The van der Waals surface area contributed by atoms with Crippen molar-refractivity contribution in [2.75, 3.05) is 4.72 Å². The number of H-pyrrole nitrogens is 1. The molecule has 0 fully saturated rings. The first-order chi connectivity index (χ1) is 7.97. The summed E-state index contributed by atoms with van der Waals surface area (Å²) in [6, 6.07) is 2.41. The van der Waals surface area contributed by atoms with Crippen LogP contribution in [0.25, 0.3) is 0 Å². The average molecular weight is 293 g/mol. The molecule has 0 amide bonds. The van der Waals surface area contributed by atoms with E-state index in [-0.39, 0.29) is 14.5 Å². The minimum Gasteiger partial charge on any atom is -0.268 e. The monoisotopic (exact) mass is 292 g/mol. The van der Waals surface area contributed by atoms with Gasteiger partial charge in [-0.15, -0.1) is 0 Å². The first-order valence-electron chi connectivity index (χ1n) is 4.17. The first-order valence-corrected chi connectivity index (χ1v) is 6.85. The van der Waals surface area contributed by atoms with Gasteiger partial charge in [0.2, 0.25) is 0 Å². The average Bonchev–Trinajstić information content (AvgIpc) is 2.69. The number of rotatable bonds is 3. The Bertz CT molecular complexity index is 673. The molecule has 0 aliphatic carbocycles. The van der Waals surface area contributed by atoms with Crippen LogP contribution in [0.2, 0.25) is 4.47 Å². The SMILES string of the molecule is O=c1ccc(NS(=O)(=O)c2cnc(Cl)s2)n[nH]1. The Morgan fingerprint density at radius 3 is 2.71 bits per heavy atom. The molecule has 2 N–H and O–H groups in total. The molecule has 0 spiro atoms. The molecule has 0 aliphatic heterocycles. The summed E-state index contributed by atoms with van der Waals surface area (Å²) in [5.74, 6) is 0.00845. The molecule has 0 aromatic carbocycles. The molecule has 0 aliphatic rings. The molecule has 0 atom stereocenters. The van der Waals surface area contributed by atoms with E-state index in [1.54, 1.807) is 0 Å². The molecule has 0 saturated carbocycles. The lowest BCUT2D eigenvalue weighted by Crippen LogP contribution is -2.15. The summed E-state index contributed by atoms with van der Waals surface area (Å²) < 4.78 is 25.8. The van der Waals surface area contributed by atoms with Gasteiger partial charge in [0.25, 0.3) is 15.6 Å². The van der Waals surface area contributed by atoms with Crippen molar-refractivity contribution in [3.05, 3.63) is 33.2 Å². The zero-order chi connectivity index (χ0) is 12.5. The van der Waals surface area contributed by atoms with Gasteiger partial charge in [0, 0.05) is 6.07 Å². The minimum absolute atomic E-state index is 0.00845. The Morgan fingerprint density at radius 2 is 2.18 bits per heavy atom. The summed E-state index contributed by atoms with van der Waals surface area (Å²) in [5, 5.41) is 5.63. The lowest BCUT2D eigenvalue weighted by Gasteiger charge is -2.02. The number of thiazole rings is 1. The largest absolute Gasteiger partial charge is 0.274 e. The van der Waals surface area contributed by atoms with Crippen molar-refractivity contribution in [1.29, 1.82) is 0 Å². The van der Waals surface area contributed by atoms with Crippen molar-refractivity contribution >= 4 is 38.8 Å². The Morgan fingerprint density at radius 1 is 1.41 bits per heavy atom. The van der Waals surface area contributed by atoms with E-state index in [9.17, 15) is 13.2 Å². The predicted molar refractivity (Wildman–Crippen MR) is 62.8 cm³/mol. The second-order valence-corrected chi connectivity index (χ2v) is 6.37. The van der Waals surface area contributed by atoms with E-state index in [0.717, 1.165) is 23.6 Å². The molecular formula is C7H5ClN4O3S2. The summed E-state index contributed by atoms with van der Waals surface area (Å²) in [7, 11) is -3.77. The molecule has 17 heavy (non-hydrogen) atoms. The molecule has 0 saturated heterocycles. The number of nitrogens with one attached hydrogen (secondary N) is 2. The summed E-state index contributed by atoms with van der Waals surface area (Å²) in [4.78, 5) is 14.4. The van der Waals surface area contributed by atoms with Gasteiger partial charge in [0.1, 0.15) is 0 Å². The van der Waals surface area contributed by atoms with E-state index in [1.165, 1.54) is 6.07 Å². The topological polar surface area (TPSA) is 105 Å². The molecule has 2 heterocycles. The number of nitrogens with zero attached hydrogens (tertiary/aromatic N) is 2. The van der Waals surface area contributed by atoms with E-state index < -0.39 is 15.6 Å². The van der Waals surface area contributed by atoms with Crippen LogP contribution in [0, 0.1) is 0 Å². The molecule has 7 nitrogen and oxygen atoms in total. The molecular weight excluding hydrogens is 288 g/mol. The third kappa shape index (κ3) is 2.81. The normalized spacial score (nSPS) is 11.4. The third-order valence-corrected chi connectivity index (χ3v) is 4.57. The third-order valence-electron chi connectivity index (χ3n) is 1.64. The second kappa shape index (κ2) is 4.43. The van der Waals surface area contributed by atoms with Gasteiger partial charge in [0.05, 0.1) is 6.20 Å². The Labute approximate surface area is 105 Å². The van der Waals surface area contributed by atoms with Crippen LogP contribution in [-0.2, 0) is 10.0 Å². The molecule has 2 aromatic rings. The Hall–Kier alpha value is -1.45. The van der Waals surface area contributed by atoms with Crippen molar-refractivity contribution in [3.63, 3.8) is 0 Å². The highest BCUT2D eigenvalue weighted by atomic mass is 35.5. The summed E-state index contributed by atoms with van der Waals surface area (Å²) >= 11 is 6.36. The van der Waals surface area contributed by atoms with Gasteiger partial charge in [-0.25, -0.2) is 18.5 Å². The van der Waals surface area contributed by atoms with Gasteiger partial charge < -0.3 is 0 Å². The summed E-state index contributed by atoms with van der Waals surface area (Å²) in [5.41, 5.74) is -0.422. The molecule has 0 radical (unpaired) electrons. The van der Waals surface area contributed by atoms with Crippen LogP contribution in [0.1, 0.15) is 0 Å². The van der Waals surface area contributed by atoms with Crippen molar-refractivity contribution in [2.24, 2.45) is 0 Å². The van der Waals surface area contributed by atoms with Crippen LogP contribution < -0.4 is 10.3 Å². The smallest absolute Gasteiger partial charge is 0.268 e. The number of halogens is 1. The second-order valence-electron chi connectivity index (χ2n) is 2.84. The van der Waals surface area contributed by atoms with Crippen molar-refractivity contribution < 1.29 is 8.42 Å². The van der Waals surface area contributed by atoms with E-state index in [4.69, 9.17) is 11.6 Å². The maximum Gasteiger partial charge on any atom is 0.274 e. The van der Waals surface area contributed by atoms with Crippen molar-refractivity contribution in [2.45, 2.75) is 4.21 Å². The predicted octanol–water partition coefficient (Wildman–Crippen LogP) is 0.681. The number of aromatic nitrogens is 3. The fourth-order valence-electron chi connectivity index (χ4n) is 0.953. The number of aromatic amines is 1. The van der Waals surface area contributed by atoms with Crippen molar-refractivity contribution in [3.8, 4) is 0 Å². The number of sulfonamides is 1. The number of anilines is 1. The highest BCUT2D eigenvalue weighted by Crippen LogP contribution is 2.23. The lowest BCUT2D eigenvalue weighted by molar-refractivity contribution is 0.602. The minimum atomic E-state index is -3.77. The molecule has 10 heteroatoms. The van der Waals surface area contributed by atoms with Crippen LogP contribution in [0.5, 0.6) is 0 Å². The van der Waals surface area contributed by atoms with Gasteiger partial charge in [-0.05, 0) is 6.07 Å². The van der Waals surface area contributed by atoms with Crippen molar-refractivity contribution in [1.82, 2.24) is 15.2 Å². The van der Waals surface area contributed by atoms with E-state index in [2.05, 4.69) is 19.9 Å². The molecule has 2 aromatic heterocycles. The van der Waals surface area contributed by atoms with Crippen LogP contribution in [0.15, 0.2) is 27.3 Å². The van der Waals surface area contributed by atoms with Gasteiger partial charge in [-0.3, -0.25) is 9.52 Å². The van der Waals surface area contributed by atoms with Crippen LogP contribution >= 0.6 is 22.9 Å².